The van der Waals surface area contributed by atoms with Crippen LogP contribution in [0.2, 0.25) is 0 Å². The first-order valence-corrected chi connectivity index (χ1v) is 8.30. The first-order chi connectivity index (χ1) is 12.1. The molecular weight excluding hydrogens is 319 g/mol. The fourth-order valence-corrected chi connectivity index (χ4v) is 2.24. The second-order valence-corrected chi connectivity index (χ2v) is 5.76. The Kier molecular flexibility index (Phi) is 7.29. The van der Waals surface area contributed by atoms with E-state index in [0.29, 0.717) is 23.7 Å². The first-order valence-electron chi connectivity index (χ1n) is 8.30. The number of allylic oxidation sites excluding steroid dienone is 1. The van der Waals surface area contributed by atoms with Crippen molar-refractivity contribution < 1.29 is 14.2 Å². The molecule has 0 aliphatic rings. The van der Waals surface area contributed by atoms with Crippen molar-refractivity contribution in [1.29, 1.82) is 0 Å². The topological polar surface area (TPSA) is 55.2 Å². The molecular formula is C20H23FN2O2. The highest BCUT2D eigenvalue weighted by Gasteiger charge is 2.09. The summed E-state index contributed by atoms with van der Waals surface area (Å²) >= 11 is 0. The minimum absolute atomic E-state index is 0.264. The third-order valence-corrected chi connectivity index (χ3v) is 3.52. The van der Waals surface area contributed by atoms with Crippen LogP contribution in [0.5, 0.6) is 5.75 Å². The molecule has 0 aliphatic heterocycles. The largest absolute Gasteiger partial charge is 0.489 e. The Morgan fingerprint density at radius 1 is 1.32 bits per heavy atom. The summed E-state index contributed by atoms with van der Waals surface area (Å²) in [6, 6.07) is 4.61. The van der Waals surface area contributed by atoms with Gasteiger partial charge in [0.1, 0.15) is 18.2 Å². The van der Waals surface area contributed by atoms with Gasteiger partial charge in [0.15, 0.2) is 5.82 Å². The van der Waals surface area contributed by atoms with Crippen LogP contribution >= 0.6 is 0 Å². The monoisotopic (exact) mass is 342 g/mol. The number of halogens is 1. The SMILES string of the molecule is C=CCOc1ccc(-c2ncc(/C=C/CCCC(C)O)cn2)c(F)c1. The van der Waals surface area contributed by atoms with Gasteiger partial charge in [0.05, 0.1) is 11.7 Å². The minimum atomic E-state index is -0.428. The van der Waals surface area contributed by atoms with E-state index in [9.17, 15) is 9.50 Å². The van der Waals surface area contributed by atoms with Gasteiger partial charge < -0.3 is 9.84 Å². The van der Waals surface area contributed by atoms with Gasteiger partial charge in [-0.15, -0.1) is 0 Å². The number of ether oxygens (including phenoxy) is 1. The van der Waals surface area contributed by atoms with Crippen LogP contribution in [0.3, 0.4) is 0 Å². The summed E-state index contributed by atoms with van der Waals surface area (Å²) in [6.45, 7) is 5.67. The molecule has 5 heteroatoms. The standard InChI is InChI=1S/C20H23FN2O2/c1-3-11-25-17-9-10-18(19(21)12-17)20-22-13-16(14-23-20)8-6-4-5-7-15(2)24/h3,6,8-10,12-15,24H,1,4-5,7,11H2,2H3/b8-6+. The maximum Gasteiger partial charge on any atom is 0.162 e. The Bertz CT molecular complexity index is 712. The number of aliphatic hydroxyl groups is 1. The lowest BCUT2D eigenvalue weighted by Crippen LogP contribution is -1.97. The summed E-state index contributed by atoms with van der Waals surface area (Å²) in [6.07, 6.45) is 11.2. The summed E-state index contributed by atoms with van der Waals surface area (Å²) in [4.78, 5) is 8.46. The summed E-state index contributed by atoms with van der Waals surface area (Å²) in [5.74, 6) is 0.347. The van der Waals surface area contributed by atoms with E-state index in [0.717, 1.165) is 24.8 Å². The number of rotatable bonds is 9. The van der Waals surface area contributed by atoms with E-state index in [1.807, 2.05) is 12.2 Å². The van der Waals surface area contributed by atoms with E-state index >= 15 is 0 Å². The van der Waals surface area contributed by atoms with Crippen LogP contribution in [0.15, 0.2) is 49.3 Å². The highest BCUT2D eigenvalue weighted by Crippen LogP contribution is 2.23. The maximum atomic E-state index is 14.2. The number of unbranched alkanes of at least 4 members (excludes halogenated alkanes) is 1. The van der Waals surface area contributed by atoms with E-state index in [1.165, 1.54) is 6.07 Å². The van der Waals surface area contributed by atoms with Crippen molar-refractivity contribution in [1.82, 2.24) is 9.97 Å². The number of aliphatic hydroxyl groups excluding tert-OH is 1. The molecule has 2 rings (SSSR count). The van der Waals surface area contributed by atoms with Crippen LogP contribution in [0.4, 0.5) is 4.39 Å². The Morgan fingerprint density at radius 2 is 2.08 bits per heavy atom. The summed E-state index contributed by atoms with van der Waals surface area (Å²) < 4.78 is 19.5. The number of hydrogen-bond donors (Lipinski definition) is 1. The van der Waals surface area contributed by atoms with E-state index in [4.69, 9.17) is 4.74 Å². The zero-order valence-electron chi connectivity index (χ0n) is 14.4. The molecule has 0 amide bonds. The smallest absolute Gasteiger partial charge is 0.162 e. The predicted octanol–water partition coefficient (Wildman–Crippen LogP) is 4.41. The van der Waals surface area contributed by atoms with Gasteiger partial charge in [-0.2, -0.15) is 0 Å². The third kappa shape index (κ3) is 6.12. The lowest BCUT2D eigenvalue weighted by atomic mass is 10.1. The number of aromatic nitrogens is 2. The van der Waals surface area contributed by atoms with Crippen molar-refractivity contribution in [2.75, 3.05) is 6.61 Å². The Labute approximate surface area is 147 Å². The summed E-state index contributed by atoms with van der Waals surface area (Å²) in [7, 11) is 0. The molecule has 25 heavy (non-hydrogen) atoms. The van der Waals surface area contributed by atoms with Crippen molar-refractivity contribution in [3.8, 4) is 17.1 Å². The van der Waals surface area contributed by atoms with Crippen LogP contribution in [0.25, 0.3) is 17.5 Å². The molecule has 0 radical (unpaired) electrons. The quantitative estimate of drug-likeness (QED) is 0.542. The molecule has 1 aromatic carbocycles. The highest BCUT2D eigenvalue weighted by atomic mass is 19.1. The number of hydrogen-bond acceptors (Lipinski definition) is 4. The molecule has 1 aromatic heterocycles. The lowest BCUT2D eigenvalue weighted by molar-refractivity contribution is 0.182. The molecule has 0 fully saturated rings. The molecule has 0 saturated carbocycles. The minimum Gasteiger partial charge on any atom is -0.489 e. The molecule has 1 atom stereocenters. The van der Waals surface area contributed by atoms with Crippen molar-refractivity contribution in [3.05, 3.63) is 60.7 Å². The first kappa shape index (κ1) is 18.8. The van der Waals surface area contributed by atoms with Crippen LogP contribution in [-0.4, -0.2) is 27.8 Å². The Hall–Kier alpha value is -2.53. The van der Waals surface area contributed by atoms with Gasteiger partial charge in [-0.3, -0.25) is 0 Å². The van der Waals surface area contributed by atoms with Crippen molar-refractivity contribution in [2.24, 2.45) is 0 Å². The molecule has 4 nitrogen and oxygen atoms in total. The molecule has 0 saturated heterocycles. The molecule has 1 unspecified atom stereocenters. The van der Waals surface area contributed by atoms with Crippen LogP contribution in [-0.2, 0) is 0 Å². The highest BCUT2D eigenvalue weighted by molar-refractivity contribution is 5.58. The van der Waals surface area contributed by atoms with Crippen LogP contribution in [0, 0.1) is 5.82 Å². The van der Waals surface area contributed by atoms with Gasteiger partial charge in [0.25, 0.3) is 0 Å². The fourth-order valence-electron chi connectivity index (χ4n) is 2.24. The zero-order chi connectivity index (χ0) is 18.1. The lowest BCUT2D eigenvalue weighted by Gasteiger charge is -2.06. The van der Waals surface area contributed by atoms with E-state index < -0.39 is 5.82 Å². The van der Waals surface area contributed by atoms with Gasteiger partial charge in [0.2, 0.25) is 0 Å². The average Bonchev–Trinajstić information content (AvgIpc) is 2.60. The molecule has 1 heterocycles. The molecule has 0 aliphatic carbocycles. The maximum absolute atomic E-state index is 14.2. The zero-order valence-corrected chi connectivity index (χ0v) is 14.4. The number of benzene rings is 1. The van der Waals surface area contributed by atoms with Crippen molar-refractivity contribution in [3.63, 3.8) is 0 Å². The fraction of sp³-hybridized carbons (Fsp3) is 0.300. The Morgan fingerprint density at radius 3 is 2.72 bits per heavy atom. The number of nitrogens with zero attached hydrogens (tertiary/aromatic N) is 2. The Balaban J connectivity index is 1.99. The molecule has 2 aromatic rings. The van der Waals surface area contributed by atoms with Gasteiger partial charge in [-0.05, 0) is 38.3 Å². The molecule has 0 spiro atoms. The second kappa shape index (κ2) is 9.69. The van der Waals surface area contributed by atoms with E-state index in [-0.39, 0.29) is 6.10 Å². The van der Waals surface area contributed by atoms with Gasteiger partial charge in [0, 0.05) is 24.0 Å². The average molecular weight is 342 g/mol. The van der Waals surface area contributed by atoms with Crippen molar-refractivity contribution in [2.45, 2.75) is 32.3 Å². The third-order valence-electron chi connectivity index (χ3n) is 3.52. The van der Waals surface area contributed by atoms with Gasteiger partial charge in [-0.25, -0.2) is 14.4 Å². The van der Waals surface area contributed by atoms with Crippen LogP contribution in [0.1, 0.15) is 31.7 Å². The molecule has 132 valence electrons. The van der Waals surface area contributed by atoms with Crippen LogP contribution < -0.4 is 4.74 Å². The van der Waals surface area contributed by atoms with Crippen molar-refractivity contribution >= 4 is 6.08 Å². The predicted molar refractivity (Wildman–Crippen MR) is 97.7 cm³/mol. The van der Waals surface area contributed by atoms with E-state index in [1.54, 1.807) is 37.5 Å². The second-order valence-electron chi connectivity index (χ2n) is 5.76. The van der Waals surface area contributed by atoms with Gasteiger partial charge in [-0.1, -0.05) is 24.8 Å². The summed E-state index contributed by atoms with van der Waals surface area (Å²) in [5, 5.41) is 9.20. The molecule has 0 bridgehead atoms. The molecule has 1 N–H and O–H groups in total. The normalized spacial score (nSPS) is 12.3. The van der Waals surface area contributed by atoms with Gasteiger partial charge >= 0.3 is 0 Å². The summed E-state index contributed by atoms with van der Waals surface area (Å²) in [5.41, 5.74) is 1.19. The van der Waals surface area contributed by atoms with E-state index in [2.05, 4.69) is 16.5 Å².